The third-order valence-corrected chi connectivity index (χ3v) is 13.2. The number of benzene rings is 6. The summed E-state index contributed by atoms with van der Waals surface area (Å²) in [5, 5.41) is 1.50. The van der Waals surface area contributed by atoms with Crippen LogP contribution in [0.4, 0.5) is 0 Å². The first-order valence-corrected chi connectivity index (χ1v) is 27.2. The first kappa shape index (κ1) is 57.0. The van der Waals surface area contributed by atoms with Crippen LogP contribution in [0.15, 0.2) is 127 Å². The number of carbonyl (C=O) groups excluding carboxylic acids is 5. The zero-order chi connectivity index (χ0) is 53.0. The second-order valence-electron chi connectivity index (χ2n) is 19.1. The van der Waals surface area contributed by atoms with Gasteiger partial charge >= 0.3 is 29.8 Å². The van der Waals surface area contributed by atoms with E-state index in [4.69, 9.17) is 28.4 Å². The summed E-state index contributed by atoms with van der Waals surface area (Å²) in [4.78, 5) is 65.0. The molecule has 0 unspecified atom stereocenters. The van der Waals surface area contributed by atoms with Gasteiger partial charge in [-0.25, -0.2) is 24.0 Å². The molecule has 0 N–H and O–H groups in total. The Labute approximate surface area is 443 Å². The molecule has 6 aromatic carbocycles. The molecule has 11 nitrogen and oxygen atoms in total. The first-order valence-electron chi connectivity index (χ1n) is 27.2. The average molecular weight is 1020 g/mol. The van der Waals surface area contributed by atoms with Crippen LogP contribution in [0.5, 0.6) is 28.7 Å². The van der Waals surface area contributed by atoms with Gasteiger partial charge in [-0.3, -0.25) is 0 Å². The Morgan fingerprint density at radius 2 is 0.667 bits per heavy atom. The summed E-state index contributed by atoms with van der Waals surface area (Å²) in [6.07, 6.45) is 24.6. The second kappa shape index (κ2) is 31.5. The Bertz CT molecular complexity index is 2730. The lowest BCUT2D eigenvalue weighted by Crippen LogP contribution is -2.11. The summed E-state index contributed by atoms with van der Waals surface area (Å²) < 4.78 is 33.9. The standard InChI is InChI=1S/C64H74O11/c1-4-6-8-10-12-14-16-18-20-22-44-70-54-35-26-50(27-36-54)61(66)73-56-41-32-52(33-42-56)63(68)75-59-43-34-48-24-25-53(46-58(48)47(59)3)64(69)74-57-39-30-51(31-40-57)62(67)72-55-37-28-49(29-38-55)60(65)71-45-23-21-19-17-15-13-11-9-7-5-2/h24-43,46H,4-23,44-45H2,1-3H3. The predicted molar refractivity (Wildman–Crippen MR) is 294 cm³/mol. The van der Waals surface area contributed by atoms with Gasteiger partial charge in [0.1, 0.15) is 28.7 Å². The topological polar surface area (TPSA) is 141 Å². The van der Waals surface area contributed by atoms with E-state index in [1.807, 2.05) is 0 Å². The van der Waals surface area contributed by atoms with E-state index >= 15 is 0 Å². The Morgan fingerprint density at radius 1 is 0.333 bits per heavy atom. The van der Waals surface area contributed by atoms with Crippen molar-refractivity contribution in [3.05, 3.63) is 161 Å². The highest BCUT2D eigenvalue weighted by Gasteiger charge is 2.18. The van der Waals surface area contributed by atoms with E-state index in [1.54, 1.807) is 85.8 Å². The summed E-state index contributed by atoms with van der Waals surface area (Å²) in [7, 11) is 0. The SMILES string of the molecule is CCCCCCCCCCCCOC(=O)c1ccc(OC(=O)c2ccc(OC(=O)c3ccc4ccc(OC(=O)c5ccc(OC(=O)c6ccc(OCCCCCCCCCCCC)cc6)cc5)c(C)c4c3)cc2)cc1. The Balaban J connectivity index is 0.910. The number of hydrogen-bond acceptors (Lipinski definition) is 11. The average Bonchev–Trinajstić information content (AvgIpc) is 3.43. The van der Waals surface area contributed by atoms with Crippen molar-refractivity contribution in [3.63, 3.8) is 0 Å². The van der Waals surface area contributed by atoms with Crippen LogP contribution in [0.1, 0.15) is 200 Å². The van der Waals surface area contributed by atoms with Crippen LogP contribution in [-0.4, -0.2) is 43.1 Å². The van der Waals surface area contributed by atoms with Crippen molar-refractivity contribution in [2.75, 3.05) is 13.2 Å². The van der Waals surface area contributed by atoms with Gasteiger partial charge in [0.25, 0.3) is 0 Å². The minimum absolute atomic E-state index is 0.214. The molecule has 0 saturated carbocycles. The van der Waals surface area contributed by atoms with Crippen LogP contribution >= 0.6 is 0 Å². The molecule has 6 aromatic rings. The first-order chi connectivity index (χ1) is 36.6. The van der Waals surface area contributed by atoms with E-state index < -0.39 is 29.8 Å². The van der Waals surface area contributed by atoms with Crippen LogP contribution in [-0.2, 0) is 4.74 Å². The van der Waals surface area contributed by atoms with Crippen molar-refractivity contribution < 1.29 is 52.4 Å². The van der Waals surface area contributed by atoms with Gasteiger partial charge in [-0.05, 0) is 151 Å². The van der Waals surface area contributed by atoms with Crippen molar-refractivity contribution in [1.82, 2.24) is 0 Å². The van der Waals surface area contributed by atoms with Crippen molar-refractivity contribution in [1.29, 1.82) is 0 Å². The molecule has 0 aromatic heterocycles. The van der Waals surface area contributed by atoms with Gasteiger partial charge in [0.2, 0.25) is 0 Å². The zero-order valence-corrected chi connectivity index (χ0v) is 44.2. The highest BCUT2D eigenvalue weighted by Crippen LogP contribution is 2.30. The monoisotopic (exact) mass is 1020 g/mol. The van der Waals surface area contributed by atoms with Crippen molar-refractivity contribution >= 4 is 40.6 Å². The lowest BCUT2D eigenvalue weighted by Gasteiger charge is -2.12. The van der Waals surface area contributed by atoms with Gasteiger partial charge in [-0.15, -0.1) is 0 Å². The number of carbonyl (C=O) groups is 5. The summed E-state index contributed by atoms with van der Waals surface area (Å²) in [6.45, 7) is 7.27. The molecular weight excluding hydrogens is 945 g/mol. The molecule has 0 atom stereocenters. The fourth-order valence-corrected chi connectivity index (χ4v) is 8.63. The Hall–Kier alpha value is -7.27. The summed E-state index contributed by atoms with van der Waals surface area (Å²) >= 11 is 0. The molecule has 0 aliphatic carbocycles. The number of aryl methyl sites for hydroxylation is 1. The molecule has 0 aliphatic rings. The van der Waals surface area contributed by atoms with E-state index in [0.29, 0.717) is 46.8 Å². The maximum Gasteiger partial charge on any atom is 0.343 e. The lowest BCUT2D eigenvalue weighted by molar-refractivity contribution is 0.0496. The molecule has 0 aliphatic heterocycles. The maximum atomic E-state index is 13.3. The smallest absolute Gasteiger partial charge is 0.343 e. The van der Waals surface area contributed by atoms with Crippen LogP contribution < -0.4 is 23.7 Å². The summed E-state index contributed by atoms with van der Waals surface area (Å²) in [5.74, 6) is -1.06. The van der Waals surface area contributed by atoms with Crippen LogP contribution in [0, 0.1) is 6.92 Å². The number of unbranched alkanes of at least 4 members (excludes halogenated alkanes) is 18. The van der Waals surface area contributed by atoms with E-state index in [0.717, 1.165) is 37.5 Å². The Morgan fingerprint density at radius 3 is 1.11 bits per heavy atom. The largest absolute Gasteiger partial charge is 0.494 e. The number of ether oxygens (including phenoxy) is 6. The van der Waals surface area contributed by atoms with Crippen molar-refractivity contribution in [2.24, 2.45) is 0 Å². The lowest BCUT2D eigenvalue weighted by atomic mass is 10.0. The Kier molecular flexibility index (Phi) is 23.9. The molecule has 0 fully saturated rings. The highest BCUT2D eigenvalue weighted by atomic mass is 16.6. The van der Waals surface area contributed by atoms with Crippen LogP contribution in [0.3, 0.4) is 0 Å². The highest BCUT2D eigenvalue weighted by molar-refractivity contribution is 5.99. The van der Waals surface area contributed by atoms with Gasteiger partial charge in [0.05, 0.1) is 41.0 Å². The second-order valence-corrected chi connectivity index (χ2v) is 19.1. The van der Waals surface area contributed by atoms with Gasteiger partial charge in [0.15, 0.2) is 0 Å². The minimum atomic E-state index is -0.627. The van der Waals surface area contributed by atoms with E-state index in [-0.39, 0.29) is 33.9 Å². The third-order valence-electron chi connectivity index (χ3n) is 13.2. The minimum Gasteiger partial charge on any atom is -0.494 e. The molecule has 75 heavy (non-hydrogen) atoms. The zero-order valence-electron chi connectivity index (χ0n) is 44.2. The van der Waals surface area contributed by atoms with Gasteiger partial charge < -0.3 is 28.4 Å². The molecule has 0 amide bonds. The molecule has 0 spiro atoms. The fourth-order valence-electron chi connectivity index (χ4n) is 8.63. The normalized spacial score (nSPS) is 11.0. The molecule has 0 bridgehead atoms. The van der Waals surface area contributed by atoms with Gasteiger partial charge in [-0.1, -0.05) is 142 Å². The number of rotatable bonds is 32. The third kappa shape index (κ3) is 19.2. The molecule has 11 heteroatoms. The van der Waals surface area contributed by atoms with E-state index in [9.17, 15) is 24.0 Å². The van der Waals surface area contributed by atoms with E-state index in [1.165, 1.54) is 145 Å². The predicted octanol–water partition coefficient (Wildman–Crippen LogP) is 16.4. The van der Waals surface area contributed by atoms with Gasteiger partial charge in [-0.2, -0.15) is 0 Å². The van der Waals surface area contributed by atoms with Crippen molar-refractivity contribution in [2.45, 2.75) is 149 Å². The molecule has 6 rings (SSSR count). The summed E-state index contributed by atoms with van der Waals surface area (Å²) in [5.41, 5.74) is 2.12. The molecular formula is C64H74O11. The molecule has 0 heterocycles. The molecule has 0 radical (unpaired) electrons. The van der Waals surface area contributed by atoms with Crippen LogP contribution in [0.25, 0.3) is 10.8 Å². The maximum absolute atomic E-state index is 13.3. The number of fused-ring (bicyclic) bond motifs is 1. The van der Waals surface area contributed by atoms with Crippen molar-refractivity contribution in [3.8, 4) is 28.7 Å². The number of esters is 5. The quantitative estimate of drug-likeness (QED) is 0.0226. The summed E-state index contributed by atoms with van der Waals surface area (Å²) in [6, 6.07) is 33.7. The molecule has 396 valence electrons. The number of hydrogen-bond donors (Lipinski definition) is 0. The van der Waals surface area contributed by atoms with E-state index in [2.05, 4.69) is 13.8 Å². The fraction of sp³-hybridized carbons (Fsp3) is 0.391. The van der Waals surface area contributed by atoms with Gasteiger partial charge in [0, 0.05) is 0 Å². The van der Waals surface area contributed by atoms with Crippen LogP contribution in [0.2, 0.25) is 0 Å². The molecule has 0 saturated heterocycles.